The van der Waals surface area contributed by atoms with Crippen molar-refractivity contribution in [3.8, 4) is 0 Å². The van der Waals surface area contributed by atoms with E-state index in [4.69, 9.17) is 0 Å². The van der Waals surface area contributed by atoms with E-state index in [1.165, 1.54) is 0 Å². The second-order valence-electron chi connectivity index (χ2n) is 6.36. The average molecular weight is 274 g/mol. The minimum absolute atomic E-state index is 0.0371. The van der Waals surface area contributed by atoms with Gasteiger partial charge in [-0.3, -0.25) is 9.48 Å². The first-order valence-electron chi connectivity index (χ1n) is 6.93. The van der Waals surface area contributed by atoms with Crippen LogP contribution in [0.25, 0.3) is 10.9 Å². The summed E-state index contributed by atoms with van der Waals surface area (Å²) in [4.78, 5) is 12.3. The summed E-state index contributed by atoms with van der Waals surface area (Å²) in [6.07, 6.45) is 0. The molecule has 20 heavy (non-hydrogen) atoms. The molecule has 0 spiro atoms. The average Bonchev–Trinajstić information content (AvgIpc) is 2.64. The summed E-state index contributed by atoms with van der Waals surface area (Å²) in [6, 6.07) is 5.94. The second-order valence-corrected chi connectivity index (χ2v) is 6.36. The topological polar surface area (TPSA) is 55.1 Å². The van der Waals surface area contributed by atoms with Crippen LogP contribution in [0.3, 0.4) is 0 Å². The Bertz CT molecular complexity index is 648. The van der Waals surface area contributed by atoms with Gasteiger partial charge in [0, 0.05) is 11.3 Å². The number of benzene rings is 1. The minimum atomic E-state index is -0.873. The molecule has 0 aliphatic heterocycles. The number of ketones is 1. The molecule has 1 heterocycles. The number of aryl methyl sites for hydroxylation is 1. The Labute approximate surface area is 119 Å². The lowest BCUT2D eigenvalue weighted by molar-refractivity contribution is 0.0587. The van der Waals surface area contributed by atoms with Crippen molar-refractivity contribution in [2.45, 2.75) is 46.8 Å². The van der Waals surface area contributed by atoms with Crippen molar-refractivity contribution < 1.29 is 9.90 Å². The molecule has 1 N–H and O–H groups in total. The Morgan fingerprint density at radius 2 is 2.05 bits per heavy atom. The number of aromatic nitrogens is 2. The molecule has 0 aliphatic rings. The first-order valence-corrected chi connectivity index (χ1v) is 6.93. The van der Waals surface area contributed by atoms with E-state index in [0.29, 0.717) is 12.2 Å². The molecule has 0 unspecified atom stereocenters. The third kappa shape index (κ3) is 2.90. The quantitative estimate of drug-likeness (QED) is 0.872. The van der Waals surface area contributed by atoms with Gasteiger partial charge in [-0.15, -0.1) is 0 Å². The van der Waals surface area contributed by atoms with Crippen LogP contribution in [-0.2, 0) is 6.54 Å². The van der Waals surface area contributed by atoms with Gasteiger partial charge in [0.25, 0.3) is 0 Å². The summed E-state index contributed by atoms with van der Waals surface area (Å²) < 4.78 is 1.73. The zero-order chi connectivity index (χ0) is 15.1. The first-order chi connectivity index (χ1) is 9.19. The number of hydrogen-bond acceptors (Lipinski definition) is 3. The van der Waals surface area contributed by atoms with Gasteiger partial charge >= 0.3 is 0 Å². The maximum atomic E-state index is 12.3. The van der Waals surface area contributed by atoms with Crippen molar-refractivity contribution in [1.29, 1.82) is 0 Å². The molecule has 108 valence electrons. The normalized spacial score (nSPS) is 12.3. The van der Waals surface area contributed by atoms with Crippen molar-refractivity contribution in [2.24, 2.45) is 5.92 Å². The Morgan fingerprint density at radius 3 is 2.60 bits per heavy atom. The fourth-order valence-electron chi connectivity index (χ4n) is 2.24. The molecule has 0 atom stereocenters. The van der Waals surface area contributed by atoms with E-state index in [1.54, 1.807) is 18.5 Å². The molecule has 0 saturated carbocycles. The van der Waals surface area contributed by atoms with Gasteiger partial charge in [-0.1, -0.05) is 25.5 Å². The lowest BCUT2D eigenvalue weighted by atomic mass is 10.0. The van der Waals surface area contributed by atoms with E-state index < -0.39 is 5.60 Å². The smallest absolute Gasteiger partial charge is 0.186 e. The van der Waals surface area contributed by atoms with Crippen LogP contribution in [0, 0.1) is 12.8 Å². The van der Waals surface area contributed by atoms with Gasteiger partial charge < -0.3 is 5.11 Å². The summed E-state index contributed by atoms with van der Waals surface area (Å²) in [6.45, 7) is 9.57. The van der Waals surface area contributed by atoms with Crippen LogP contribution >= 0.6 is 0 Å². The zero-order valence-corrected chi connectivity index (χ0v) is 12.8. The summed E-state index contributed by atoms with van der Waals surface area (Å²) in [7, 11) is 0. The van der Waals surface area contributed by atoms with E-state index in [0.717, 1.165) is 16.5 Å². The zero-order valence-electron chi connectivity index (χ0n) is 12.8. The van der Waals surface area contributed by atoms with Gasteiger partial charge in [0.1, 0.15) is 5.69 Å². The molecule has 4 heteroatoms. The van der Waals surface area contributed by atoms with Crippen LogP contribution < -0.4 is 0 Å². The lowest BCUT2D eigenvalue weighted by Gasteiger charge is -2.17. The first kappa shape index (κ1) is 14.7. The molecule has 0 fully saturated rings. The maximum absolute atomic E-state index is 12.3. The van der Waals surface area contributed by atoms with E-state index in [-0.39, 0.29) is 11.7 Å². The molecule has 2 rings (SSSR count). The molecule has 2 aromatic rings. The Morgan fingerprint density at radius 1 is 1.40 bits per heavy atom. The highest BCUT2D eigenvalue weighted by Gasteiger charge is 2.22. The number of aliphatic hydroxyl groups is 1. The van der Waals surface area contributed by atoms with E-state index >= 15 is 0 Å². The van der Waals surface area contributed by atoms with Crippen LogP contribution in [0.15, 0.2) is 18.2 Å². The minimum Gasteiger partial charge on any atom is -0.389 e. The van der Waals surface area contributed by atoms with Gasteiger partial charge in [-0.25, -0.2) is 0 Å². The third-order valence-corrected chi connectivity index (χ3v) is 3.20. The number of carbonyl (C=O) groups is 1. The highest BCUT2D eigenvalue weighted by molar-refractivity contribution is 6.07. The standard InChI is InChI=1S/C16H22N2O2/c1-10(2)15(19)14-12-8-11(3)6-7-13(12)18(17-14)9-16(4,5)20/h6-8,10,20H,9H2,1-5H3. The van der Waals surface area contributed by atoms with Crippen molar-refractivity contribution in [3.05, 3.63) is 29.5 Å². The molecule has 4 nitrogen and oxygen atoms in total. The number of rotatable bonds is 4. The summed E-state index contributed by atoms with van der Waals surface area (Å²) in [5, 5.41) is 15.3. The van der Waals surface area contributed by atoms with Gasteiger partial charge in [0.2, 0.25) is 0 Å². The number of carbonyl (C=O) groups excluding carboxylic acids is 1. The van der Waals surface area contributed by atoms with E-state index in [2.05, 4.69) is 5.10 Å². The molecule has 0 radical (unpaired) electrons. The lowest BCUT2D eigenvalue weighted by Crippen LogP contribution is -2.26. The summed E-state index contributed by atoms with van der Waals surface area (Å²) >= 11 is 0. The molecule has 0 saturated heterocycles. The molecule has 0 amide bonds. The number of fused-ring (bicyclic) bond motifs is 1. The predicted octanol–water partition coefficient (Wildman–Crippen LogP) is 2.95. The van der Waals surface area contributed by atoms with Gasteiger partial charge in [-0.2, -0.15) is 5.10 Å². The molecule has 1 aromatic heterocycles. The Hall–Kier alpha value is -1.68. The fraction of sp³-hybridized carbons (Fsp3) is 0.500. The van der Waals surface area contributed by atoms with E-state index in [1.807, 2.05) is 39.0 Å². The van der Waals surface area contributed by atoms with Crippen molar-refractivity contribution in [1.82, 2.24) is 9.78 Å². The number of nitrogens with zero attached hydrogens (tertiary/aromatic N) is 2. The Balaban J connectivity index is 2.63. The second kappa shape index (κ2) is 5.02. The highest BCUT2D eigenvalue weighted by atomic mass is 16.3. The van der Waals surface area contributed by atoms with Crippen LogP contribution in [0.5, 0.6) is 0 Å². The summed E-state index contributed by atoms with van der Waals surface area (Å²) in [5.74, 6) is -0.0562. The van der Waals surface area contributed by atoms with Crippen LogP contribution in [0.2, 0.25) is 0 Å². The van der Waals surface area contributed by atoms with Crippen molar-refractivity contribution in [2.75, 3.05) is 0 Å². The van der Waals surface area contributed by atoms with Gasteiger partial charge in [0.15, 0.2) is 5.78 Å². The van der Waals surface area contributed by atoms with Crippen LogP contribution in [0.4, 0.5) is 0 Å². The molecule has 0 bridgehead atoms. The molecule has 1 aromatic carbocycles. The maximum Gasteiger partial charge on any atom is 0.186 e. The highest BCUT2D eigenvalue weighted by Crippen LogP contribution is 2.24. The molecular weight excluding hydrogens is 252 g/mol. The third-order valence-electron chi connectivity index (χ3n) is 3.20. The van der Waals surface area contributed by atoms with Crippen molar-refractivity contribution >= 4 is 16.7 Å². The number of Topliss-reactive ketones (excluding diaryl/α,β-unsaturated/α-hetero) is 1. The summed E-state index contributed by atoms with van der Waals surface area (Å²) in [5.41, 5.74) is 1.62. The Kier molecular flexibility index (Phi) is 3.69. The fourth-order valence-corrected chi connectivity index (χ4v) is 2.24. The van der Waals surface area contributed by atoms with Gasteiger partial charge in [-0.05, 0) is 32.9 Å². The molecule has 0 aliphatic carbocycles. The SMILES string of the molecule is Cc1ccc2c(c1)c(C(=O)C(C)C)nn2CC(C)(C)O. The monoisotopic (exact) mass is 274 g/mol. The van der Waals surface area contributed by atoms with Gasteiger partial charge in [0.05, 0.1) is 17.7 Å². The van der Waals surface area contributed by atoms with E-state index in [9.17, 15) is 9.90 Å². The predicted molar refractivity (Wildman–Crippen MR) is 79.9 cm³/mol. The van der Waals surface area contributed by atoms with Crippen LogP contribution in [-0.4, -0.2) is 26.3 Å². The van der Waals surface area contributed by atoms with Crippen LogP contribution in [0.1, 0.15) is 43.7 Å². The largest absolute Gasteiger partial charge is 0.389 e. The van der Waals surface area contributed by atoms with Crippen molar-refractivity contribution in [3.63, 3.8) is 0 Å². The molecular formula is C16H22N2O2. The number of hydrogen-bond donors (Lipinski definition) is 1.